The van der Waals surface area contributed by atoms with Crippen molar-refractivity contribution in [2.75, 3.05) is 20.1 Å². The van der Waals surface area contributed by atoms with Gasteiger partial charge in [0.1, 0.15) is 5.60 Å². The van der Waals surface area contributed by atoms with E-state index in [0.29, 0.717) is 6.47 Å². The third kappa shape index (κ3) is 12.9. The van der Waals surface area contributed by atoms with Crippen LogP contribution in [0.5, 0.6) is 0 Å². The summed E-state index contributed by atoms with van der Waals surface area (Å²) in [4.78, 5) is 24.8. The summed E-state index contributed by atoms with van der Waals surface area (Å²) in [6.45, 7) is 7.93. The maximum absolute atomic E-state index is 12.9. The minimum absolute atomic E-state index is 0.152. The Bertz CT molecular complexity index is 819. The van der Waals surface area contributed by atoms with Crippen molar-refractivity contribution < 1.29 is 14.3 Å². The standard InChI is InChI=1S/C26H36N2O.C5H10O2/c1-28-20-10-17-24(21-28)26(29)27-25(18-8-15-22-11-4-2-5-12-22)19-9-16-23-13-6-3-7-14-23;1-5(2,3)7-4-6/h2-7,11-14,24-25H,8-10,15-21H2,1H3,(H,27,29);4H,1-3H3. The number of aryl methyl sites for hydroxylation is 2. The molecule has 1 fully saturated rings. The van der Waals surface area contributed by atoms with Crippen molar-refractivity contribution >= 4 is 12.4 Å². The number of carbonyl (C=O) groups is 2. The Hall–Kier alpha value is -2.66. The second-order valence-corrected chi connectivity index (χ2v) is 10.9. The molecule has 0 radical (unpaired) electrons. The van der Waals surface area contributed by atoms with Crippen LogP contribution in [0.15, 0.2) is 60.7 Å². The first-order valence-electron chi connectivity index (χ1n) is 13.4. The summed E-state index contributed by atoms with van der Waals surface area (Å²) < 4.78 is 4.55. The normalized spacial score (nSPS) is 16.1. The van der Waals surface area contributed by atoms with Gasteiger partial charge in [-0.2, -0.15) is 0 Å². The maximum Gasteiger partial charge on any atom is 0.293 e. The number of nitrogens with one attached hydrogen (secondary N) is 1. The van der Waals surface area contributed by atoms with Gasteiger partial charge in [0, 0.05) is 12.6 Å². The number of carbonyl (C=O) groups excluding carboxylic acids is 2. The van der Waals surface area contributed by atoms with E-state index in [1.165, 1.54) is 11.1 Å². The summed E-state index contributed by atoms with van der Waals surface area (Å²) in [5.41, 5.74) is 2.45. The minimum atomic E-state index is -0.318. The molecule has 36 heavy (non-hydrogen) atoms. The summed E-state index contributed by atoms with van der Waals surface area (Å²) in [5, 5.41) is 3.41. The SMILES string of the molecule is CC(C)(C)OC=O.CN1CCCC(C(=O)NC(CCCc2ccccc2)CCCc2ccccc2)C1. The second kappa shape index (κ2) is 16.2. The van der Waals surface area contributed by atoms with Crippen LogP contribution in [0.4, 0.5) is 0 Å². The molecular weight excluding hydrogens is 448 g/mol. The van der Waals surface area contributed by atoms with Gasteiger partial charge in [-0.15, -0.1) is 0 Å². The number of amides is 1. The highest BCUT2D eigenvalue weighted by Crippen LogP contribution is 2.18. The zero-order valence-electron chi connectivity index (χ0n) is 22.7. The molecule has 0 bridgehead atoms. The van der Waals surface area contributed by atoms with E-state index >= 15 is 0 Å². The molecule has 198 valence electrons. The van der Waals surface area contributed by atoms with Gasteiger partial charge in [-0.05, 0) is 96.9 Å². The Morgan fingerprint density at radius 2 is 1.53 bits per heavy atom. The smallest absolute Gasteiger partial charge is 0.293 e. The lowest BCUT2D eigenvalue weighted by molar-refractivity contribution is -0.138. The van der Waals surface area contributed by atoms with Gasteiger partial charge in [0.15, 0.2) is 0 Å². The molecule has 1 unspecified atom stereocenters. The van der Waals surface area contributed by atoms with Crippen molar-refractivity contribution in [1.29, 1.82) is 0 Å². The highest BCUT2D eigenvalue weighted by molar-refractivity contribution is 5.79. The van der Waals surface area contributed by atoms with Crippen LogP contribution in [0.2, 0.25) is 0 Å². The van der Waals surface area contributed by atoms with Crippen LogP contribution < -0.4 is 5.32 Å². The first-order chi connectivity index (χ1) is 17.3. The van der Waals surface area contributed by atoms with Gasteiger partial charge in [0.25, 0.3) is 6.47 Å². The molecule has 0 aromatic heterocycles. The average Bonchev–Trinajstić information content (AvgIpc) is 2.85. The number of likely N-dealkylation sites (tertiary alicyclic amines) is 1. The molecule has 2 aromatic carbocycles. The Morgan fingerprint density at radius 1 is 1.00 bits per heavy atom. The third-order valence-electron chi connectivity index (χ3n) is 6.47. The molecule has 1 amide bonds. The van der Waals surface area contributed by atoms with E-state index < -0.39 is 0 Å². The fourth-order valence-electron chi connectivity index (χ4n) is 4.53. The summed E-state index contributed by atoms with van der Waals surface area (Å²) >= 11 is 0. The lowest BCUT2D eigenvalue weighted by Crippen LogP contribution is -2.45. The van der Waals surface area contributed by atoms with Crippen molar-refractivity contribution in [2.45, 2.75) is 83.8 Å². The molecule has 1 atom stereocenters. The van der Waals surface area contributed by atoms with Crippen molar-refractivity contribution in [2.24, 2.45) is 5.92 Å². The minimum Gasteiger partial charge on any atom is -0.462 e. The lowest BCUT2D eigenvalue weighted by atomic mass is 9.95. The second-order valence-electron chi connectivity index (χ2n) is 10.9. The number of benzene rings is 2. The Labute approximate surface area is 218 Å². The molecule has 1 heterocycles. The van der Waals surface area contributed by atoms with Crippen LogP contribution in [0.3, 0.4) is 0 Å². The Balaban J connectivity index is 0.000000572. The fourth-order valence-corrected chi connectivity index (χ4v) is 4.53. The van der Waals surface area contributed by atoms with Crippen LogP contribution in [0.1, 0.15) is 70.4 Å². The maximum atomic E-state index is 12.9. The van der Waals surface area contributed by atoms with E-state index in [2.05, 4.69) is 82.7 Å². The predicted octanol–water partition coefficient (Wildman–Crippen LogP) is 5.82. The van der Waals surface area contributed by atoms with E-state index in [1.807, 2.05) is 20.8 Å². The van der Waals surface area contributed by atoms with Crippen LogP contribution in [0, 0.1) is 5.92 Å². The molecule has 1 aliphatic heterocycles. The summed E-state index contributed by atoms with van der Waals surface area (Å²) in [7, 11) is 2.12. The number of ether oxygens (including phenoxy) is 1. The van der Waals surface area contributed by atoms with Gasteiger partial charge in [-0.25, -0.2) is 0 Å². The quantitative estimate of drug-likeness (QED) is 0.400. The van der Waals surface area contributed by atoms with Gasteiger partial charge in [-0.3, -0.25) is 9.59 Å². The fraction of sp³-hybridized carbons (Fsp3) is 0.548. The first-order valence-corrected chi connectivity index (χ1v) is 13.4. The molecule has 5 heteroatoms. The summed E-state index contributed by atoms with van der Waals surface area (Å²) in [6.07, 6.45) is 8.65. The molecule has 1 N–H and O–H groups in total. The van der Waals surface area contributed by atoms with Crippen molar-refractivity contribution in [1.82, 2.24) is 10.2 Å². The molecule has 2 aromatic rings. The van der Waals surface area contributed by atoms with E-state index in [-0.39, 0.29) is 23.5 Å². The number of nitrogens with zero attached hydrogens (tertiary/aromatic N) is 1. The lowest BCUT2D eigenvalue weighted by Gasteiger charge is -2.30. The largest absolute Gasteiger partial charge is 0.462 e. The van der Waals surface area contributed by atoms with Crippen LogP contribution >= 0.6 is 0 Å². The Kier molecular flexibility index (Phi) is 13.3. The molecule has 0 spiro atoms. The number of piperidine rings is 1. The monoisotopic (exact) mass is 494 g/mol. The van der Waals surface area contributed by atoms with E-state index in [4.69, 9.17) is 0 Å². The van der Waals surface area contributed by atoms with Gasteiger partial charge >= 0.3 is 0 Å². The number of hydrogen-bond acceptors (Lipinski definition) is 4. The Morgan fingerprint density at radius 3 is 1.94 bits per heavy atom. The zero-order valence-corrected chi connectivity index (χ0v) is 22.7. The van der Waals surface area contributed by atoms with Gasteiger partial charge in [0.2, 0.25) is 5.91 Å². The van der Waals surface area contributed by atoms with Gasteiger partial charge in [-0.1, -0.05) is 60.7 Å². The van der Waals surface area contributed by atoms with Gasteiger partial charge in [0.05, 0.1) is 5.92 Å². The van der Waals surface area contributed by atoms with Crippen molar-refractivity contribution in [3.63, 3.8) is 0 Å². The highest BCUT2D eigenvalue weighted by atomic mass is 16.5. The molecule has 1 aliphatic rings. The molecule has 0 aliphatic carbocycles. The first kappa shape index (κ1) is 29.6. The topological polar surface area (TPSA) is 58.6 Å². The molecule has 5 nitrogen and oxygen atoms in total. The number of hydrogen-bond donors (Lipinski definition) is 1. The third-order valence-corrected chi connectivity index (χ3v) is 6.47. The van der Waals surface area contributed by atoms with Gasteiger partial charge < -0.3 is 15.0 Å². The van der Waals surface area contributed by atoms with Crippen LogP contribution in [0.25, 0.3) is 0 Å². The molecule has 0 saturated carbocycles. The zero-order chi connectivity index (χ0) is 26.2. The van der Waals surface area contributed by atoms with E-state index in [0.717, 1.165) is 64.5 Å². The summed E-state index contributed by atoms with van der Waals surface area (Å²) in [5.74, 6) is 0.417. The van der Waals surface area contributed by atoms with Crippen LogP contribution in [-0.2, 0) is 27.2 Å². The number of rotatable bonds is 11. The average molecular weight is 495 g/mol. The van der Waals surface area contributed by atoms with Crippen molar-refractivity contribution in [3.05, 3.63) is 71.8 Å². The predicted molar refractivity (Wildman–Crippen MR) is 148 cm³/mol. The van der Waals surface area contributed by atoms with E-state index in [9.17, 15) is 9.59 Å². The molecule has 3 rings (SSSR count). The van der Waals surface area contributed by atoms with Crippen LogP contribution in [-0.4, -0.2) is 49.1 Å². The van der Waals surface area contributed by atoms with E-state index in [1.54, 1.807) is 0 Å². The molecule has 1 saturated heterocycles. The molecular formula is C31H46N2O3. The van der Waals surface area contributed by atoms with Crippen molar-refractivity contribution in [3.8, 4) is 0 Å². The summed E-state index contributed by atoms with van der Waals surface area (Å²) in [6, 6.07) is 21.6. The highest BCUT2D eigenvalue weighted by Gasteiger charge is 2.25.